The van der Waals surface area contributed by atoms with Crippen LogP contribution in [0.25, 0.3) is 5.69 Å². The predicted octanol–water partition coefficient (Wildman–Crippen LogP) is 3.64. The molecule has 1 aromatic heterocycles. The van der Waals surface area contributed by atoms with Gasteiger partial charge in [0, 0.05) is 37.3 Å². The van der Waals surface area contributed by atoms with Crippen LogP contribution in [0.1, 0.15) is 61.9 Å². The summed E-state index contributed by atoms with van der Waals surface area (Å²) in [5.74, 6) is 0.242. The van der Waals surface area contributed by atoms with Crippen LogP contribution in [-0.2, 0) is 4.79 Å². The number of nitrogens with one attached hydrogen (secondary N) is 2. The number of aromatic nitrogens is 2. The van der Waals surface area contributed by atoms with E-state index >= 15 is 0 Å². The van der Waals surface area contributed by atoms with Gasteiger partial charge in [-0.2, -0.15) is 5.10 Å². The third-order valence-corrected chi connectivity index (χ3v) is 5.70. The van der Waals surface area contributed by atoms with E-state index in [0.717, 1.165) is 49.2 Å². The number of carbonyl (C=O) groups excluding carboxylic acids is 2. The molecule has 2 N–H and O–H groups in total. The molecule has 0 saturated carbocycles. The summed E-state index contributed by atoms with van der Waals surface area (Å²) >= 11 is 0. The maximum Gasteiger partial charge on any atom is 0.315 e. The minimum absolute atomic E-state index is 0.156. The second-order valence-corrected chi connectivity index (χ2v) is 8.10. The van der Waals surface area contributed by atoms with E-state index in [1.807, 2.05) is 41.8 Å². The Balaban J connectivity index is 1.46. The second-order valence-electron chi connectivity index (χ2n) is 8.10. The molecule has 1 atom stereocenters. The summed E-state index contributed by atoms with van der Waals surface area (Å²) in [7, 11) is 0. The number of nitrogens with zero attached hydrogens (tertiary/aromatic N) is 3. The predicted molar refractivity (Wildman–Crippen MR) is 118 cm³/mol. The van der Waals surface area contributed by atoms with Gasteiger partial charge in [-0.25, -0.2) is 9.48 Å². The van der Waals surface area contributed by atoms with Crippen molar-refractivity contribution < 1.29 is 9.59 Å². The molecule has 1 fully saturated rings. The molecule has 3 rings (SSSR count). The van der Waals surface area contributed by atoms with Crippen LogP contribution in [-0.4, -0.2) is 46.3 Å². The molecule has 0 bridgehead atoms. The lowest BCUT2D eigenvalue weighted by Gasteiger charge is -2.20. The van der Waals surface area contributed by atoms with Crippen molar-refractivity contribution in [2.45, 2.75) is 58.9 Å². The summed E-state index contributed by atoms with van der Waals surface area (Å²) in [6.07, 6.45) is 6.42. The van der Waals surface area contributed by atoms with Crippen molar-refractivity contribution in [2.75, 3.05) is 19.6 Å². The van der Waals surface area contributed by atoms with Crippen molar-refractivity contribution in [2.24, 2.45) is 0 Å². The summed E-state index contributed by atoms with van der Waals surface area (Å²) in [4.78, 5) is 26.2. The summed E-state index contributed by atoms with van der Waals surface area (Å²) in [5.41, 5.74) is 4.20. The molecule has 7 nitrogen and oxygen atoms in total. The number of aryl methyl sites for hydroxylation is 1. The Morgan fingerprint density at radius 1 is 1.17 bits per heavy atom. The standard InChI is InChI=1S/C23H33N5O2/c1-17-9-11-20(12-10-17)28-19(3)21(16-25-28)18(2)26-23(30)24-13-7-15-27-14-6-4-5-8-22(27)29/h9-12,16,18H,4-8,13-15H2,1-3H3,(H2,24,26,30). The number of likely N-dealkylation sites (tertiary alicyclic amines) is 1. The van der Waals surface area contributed by atoms with Gasteiger partial charge in [0.05, 0.1) is 17.9 Å². The van der Waals surface area contributed by atoms with E-state index in [1.165, 1.54) is 5.56 Å². The van der Waals surface area contributed by atoms with Gasteiger partial charge in [-0.1, -0.05) is 24.1 Å². The van der Waals surface area contributed by atoms with E-state index in [9.17, 15) is 9.59 Å². The molecule has 1 aliphatic heterocycles. The first-order valence-electron chi connectivity index (χ1n) is 10.9. The minimum atomic E-state index is -0.202. The van der Waals surface area contributed by atoms with Crippen molar-refractivity contribution >= 4 is 11.9 Å². The number of urea groups is 1. The molecule has 3 amide bonds. The number of hydrogen-bond acceptors (Lipinski definition) is 3. The topological polar surface area (TPSA) is 79.3 Å². The van der Waals surface area contributed by atoms with Crippen LogP contribution in [0.15, 0.2) is 30.5 Å². The van der Waals surface area contributed by atoms with Crippen molar-refractivity contribution in [1.29, 1.82) is 0 Å². The molecule has 30 heavy (non-hydrogen) atoms. The third kappa shape index (κ3) is 5.62. The number of benzene rings is 1. The van der Waals surface area contributed by atoms with Gasteiger partial charge in [-0.05, 0) is 52.2 Å². The Hall–Kier alpha value is -2.83. The van der Waals surface area contributed by atoms with E-state index in [2.05, 4.69) is 34.8 Å². The average molecular weight is 412 g/mol. The summed E-state index contributed by atoms with van der Waals surface area (Å²) in [6, 6.07) is 7.84. The fraction of sp³-hybridized carbons (Fsp3) is 0.522. The van der Waals surface area contributed by atoms with Gasteiger partial charge in [0.25, 0.3) is 0 Å². The highest BCUT2D eigenvalue weighted by molar-refractivity contribution is 5.76. The Morgan fingerprint density at radius 3 is 2.70 bits per heavy atom. The SMILES string of the molecule is Cc1ccc(-n2ncc(C(C)NC(=O)NCCCN3CCCCCC3=O)c2C)cc1. The summed E-state index contributed by atoms with van der Waals surface area (Å²) < 4.78 is 1.89. The Bertz CT molecular complexity index is 859. The summed E-state index contributed by atoms with van der Waals surface area (Å²) in [6.45, 7) is 8.12. The molecule has 0 radical (unpaired) electrons. The minimum Gasteiger partial charge on any atom is -0.343 e. The molecule has 1 saturated heterocycles. The quantitative estimate of drug-likeness (QED) is 0.683. The van der Waals surface area contributed by atoms with E-state index in [-0.39, 0.29) is 18.0 Å². The molecule has 0 spiro atoms. The van der Waals surface area contributed by atoms with E-state index < -0.39 is 0 Å². The number of amides is 3. The molecule has 0 aliphatic carbocycles. The highest BCUT2D eigenvalue weighted by Gasteiger charge is 2.17. The lowest BCUT2D eigenvalue weighted by atomic mass is 10.1. The van der Waals surface area contributed by atoms with Crippen LogP contribution < -0.4 is 10.6 Å². The van der Waals surface area contributed by atoms with Gasteiger partial charge < -0.3 is 15.5 Å². The lowest BCUT2D eigenvalue weighted by Crippen LogP contribution is -2.39. The van der Waals surface area contributed by atoms with Gasteiger partial charge >= 0.3 is 6.03 Å². The fourth-order valence-electron chi connectivity index (χ4n) is 3.87. The van der Waals surface area contributed by atoms with Crippen molar-refractivity contribution in [3.05, 3.63) is 47.3 Å². The van der Waals surface area contributed by atoms with Crippen LogP contribution in [0.4, 0.5) is 4.79 Å². The molecular formula is C23H33N5O2. The van der Waals surface area contributed by atoms with Crippen LogP contribution in [0.2, 0.25) is 0 Å². The first-order valence-corrected chi connectivity index (χ1v) is 10.9. The van der Waals surface area contributed by atoms with Crippen LogP contribution in [0.3, 0.4) is 0 Å². The zero-order chi connectivity index (χ0) is 21.5. The number of carbonyl (C=O) groups is 2. The van der Waals surface area contributed by atoms with Gasteiger partial charge in [-0.15, -0.1) is 0 Å². The van der Waals surface area contributed by atoms with Gasteiger partial charge in [0.15, 0.2) is 0 Å². The zero-order valence-corrected chi connectivity index (χ0v) is 18.3. The Labute approximate surface area is 178 Å². The van der Waals surface area contributed by atoms with Crippen LogP contribution in [0, 0.1) is 13.8 Å². The summed E-state index contributed by atoms with van der Waals surface area (Å²) in [5, 5.41) is 10.4. The zero-order valence-electron chi connectivity index (χ0n) is 18.3. The maximum atomic E-state index is 12.3. The van der Waals surface area contributed by atoms with E-state index in [0.29, 0.717) is 19.5 Å². The largest absolute Gasteiger partial charge is 0.343 e. The number of hydrogen-bond donors (Lipinski definition) is 2. The highest BCUT2D eigenvalue weighted by Crippen LogP contribution is 2.20. The molecule has 162 valence electrons. The van der Waals surface area contributed by atoms with Gasteiger partial charge in [0.1, 0.15) is 0 Å². The number of rotatable bonds is 7. The van der Waals surface area contributed by atoms with Gasteiger partial charge in [0.2, 0.25) is 5.91 Å². The van der Waals surface area contributed by atoms with Crippen LogP contribution in [0.5, 0.6) is 0 Å². The fourth-order valence-corrected chi connectivity index (χ4v) is 3.87. The first kappa shape index (κ1) is 21.9. The van der Waals surface area contributed by atoms with E-state index in [4.69, 9.17) is 0 Å². The van der Waals surface area contributed by atoms with E-state index in [1.54, 1.807) is 0 Å². The monoisotopic (exact) mass is 411 g/mol. The molecule has 1 unspecified atom stereocenters. The van der Waals surface area contributed by atoms with Crippen molar-refractivity contribution in [1.82, 2.24) is 25.3 Å². The normalized spacial score (nSPS) is 15.6. The second kappa shape index (κ2) is 10.3. The molecular weight excluding hydrogens is 378 g/mol. The molecule has 1 aliphatic rings. The third-order valence-electron chi connectivity index (χ3n) is 5.70. The van der Waals surface area contributed by atoms with Gasteiger partial charge in [-0.3, -0.25) is 4.79 Å². The lowest BCUT2D eigenvalue weighted by molar-refractivity contribution is -0.130. The van der Waals surface area contributed by atoms with Crippen LogP contribution >= 0.6 is 0 Å². The molecule has 1 aromatic carbocycles. The highest BCUT2D eigenvalue weighted by atomic mass is 16.2. The van der Waals surface area contributed by atoms with Crippen molar-refractivity contribution in [3.8, 4) is 5.69 Å². The average Bonchev–Trinajstić information content (AvgIpc) is 2.98. The molecule has 7 heteroatoms. The first-order chi connectivity index (χ1) is 14.5. The molecule has 2 aromatic rings. The van der Waals surface area contributed by atoms with Crippen molar-refractivity contribution in [3.63, 3.8) is 0 Å². The Kier molecular flexibility index (Phi) is 7.49. The molecule has 2 heterocycles. The smallest absolute Gasteiger partial charge is 0.315 e. The Morgan fingerprint density at radius 2 is 1.93 bits per heavy atom. The maximum absolute atomic E-state index is 12.3.